The summed E-state index contributed by atoms with van der Waals surface area (Å²) in [5.41, 5.74) is 0. The number of likely N-dealkylation sites (N-methyl/N-ethyl adjacent to an activating group) is 2. The van der Waals surface area contributed by atoms with Gasteiger partial charge in [0, 0.05) is 13.1 Å². The molecule has 0 heterocycles. The largest absolute Gasteiger partial charge is 0.355 e. The minimum Gasteiger partial charge on any atom is -0.355 e. The second kappa shape index (κ2) is 7.54. The third kappa shape index (κ3) is 7.27. The van der Waals surface area contributed by atoms with Gasteiger partial charge in [-0.3, -0.25) is 14.9 Å². The zero-order valence-electron chi connectivity index (χ0n) is 8.14. The van der Waals surface area contributed by atoms with Gasteiger partial charge >= 0.3 is 0 Å². The topological polar surface area (TPSA) is 70.2 Å². The maximum atomic E-state index is 10.9. The highest BCUT2D eigenvalue weighted by Crippen LogP contribution is 1.66. The second-order valence-corrected chi connectivity index (χ2v) is 2.51. The van der Waals surface area contributed by atoms with Crippen LogP contribution in [0, 0.1) is 0 Å². The molecule has 0 atom stereocenters. The molecule has 0 radical (unpaired) electrons. The number of amides is 2. The highest BCUT2D eigenvalue weighted by Gasteiger charge is 2.01. The van der Waals surface area contributed by atoms with E-state index in [0.29, 0.717) is 13.1 Å². The Morgan fingerprint density at radius 2 is 1.31 bits per heavy atom. The quantitative estimate of drug-likeness (QED) is 0.491. The summed E-state index contributed by atoms with van der Waals surface area (Å²) in [6.07, 6.45) is 0. The number of rotatable bonds is 6. The number of hydrogen-bond acceptors (Lipinski definition) is 3. The summed E-state index contributed by atoms with van der Waals surface area (Å²) < 4.78 is 0. The van der Waals surface area contributed by atoms with E-state index in [4.69, 9.17) is 0 Å². The molecule has 0 saturated carbocycles. The van der Waals surface area contributed by atoms with Crippen LogP contribution in [0.4, 0.5) is 0 Å². The average molecular weight is 187 g/mol. The van der Waals surface area contributed by atoms with E-state index >= 15 is 0 Å². The minimum atomic E-state index is -0.0909. The van der Waals surface area contributed by atoms with Gasteiger partial charge in [0.05, 0.1) is 13.1 Å². The zero-order chi connectivity index (χ0) is 10.1. The van der Waals surface area contributed by atoms with Crippen LogP contribution < -0.4 is 16.0 Å². The molecule has 0 fully saturated rings. The first kappa shape index (κ1) is 11.9. The molecule has 0 aliphatic carbocycles. The Balaban J connectivity index is 3.33. The Labute approximate surface area is 78.3 Å². The lowest BCUT2D eigenvalue weighted by Crippen LogP contribution is -2.39. The third-order valence-corrected chi connectivity index (χ3v) is 1.32. The van der Waals surface area contributed by atoms with Crippen LogP contribution in [0.3, 0.4) is 0 Å². The second-order valence-electron chi connectivity index (χ2n) is 2.51. The normalized spacial score (nSPS) is 9.38. The van der Waals surface area contributed by atoms with Gasteiger partial charge in [0.25, 0.3) is 0 Å². The molecular formula is C8H17N3O2. The monoisotopic (exact) mass is 187 g/mol. The molecule has 0 aromatic rings. The van der Waals surface area contributed by atoms with Crippen molar-refractivity contribution in [1.29, 1.82) is 0 Å². The minimum absolute atomic E-state index is 0.0909. The summed E-state index contributed by atoms with van der Waals surface area (Å²) in [7, 11) is 0. The van der Waals surface area contributed by atoms with Gasteiger partial charge in [-0.15, -0.1) is 0 Å². The highest BCUT2D eigenvalue weighted by atomic mass is 16.2. The molecule has 0 aromatic carbocycles. The van der Waals surface area contributed by atoms with Crippen LogP contribution >= 0.6 is 0 Å². The highest BCUT2D eigenvalue weighted by molar-refractivity contribution is 5.80. The van der Waals surface area contributed by atoms with Crippen molar-refractivity contribution in [3.05, 3.63) is 0 Å². The van der Waals surface area contributed by atoms with Crippen molar-refractivity contribution < 1.29 is 9.59 Å². The number of carbonyl (C=O) groups is 2. The van der Waals surface area contributed by atoms with Gasteiger partial charge in [-0.25, -0.2) is 0 Å². The van der Waals surface area contributed by atoms with E-state index in [0.717, 1.165) is 0 Å². The lowest BCUT2D eigenvalue weighted by molar-refractivity contribution is -0.121. The third-order valence-electron chi connectivity index (χ3n) is 1.32. The van der Waals surface area contributed by atoms with Gasteiger partial charge in [0.1, 0.15) is 0 Å². The number of carbonyl (C=O) groups excluding carboxylic acids is 2. The molecule has 76 valence electrons. The molecule has 0 spiro atoms. The SMILES string of the molecule is CCNC(=O)CNCC(=O)NCC. The zero-order valence-corrected chi connectivity index (χ0v) is 8.14. The van der Waals surface area contributed by atoms with Gasteiger partial charge in [-0.1, -0.05) is 0 Å². The predicted molar refractivity (Wildman–Crippen MR) is 50.2 cm³/mol. The van der Waals surface area contributed by atoms with Crippen molar-refractivity contribution in [3.8, 4) is 0 Å². The number of hydrogen-bond donors (Lipinski definition) is 3. The van der Waals surface area contributed by atoms with Crippen LogP contribution in [0.1, 0.15) is 13.8 Å². The lowest BCUT2D eigenvalue weighted by atomic mass is 10.5. The fourth-order valence-corrected chi connectivity index (χ4v) is 0.809. The van der Waals surface area contributed by atoms with Crippen LogP contribution in [-0.4, -0.2) is 38.0 Å². The first-order valence-electron chi connectivity index (χ1n) is 4.44. The van der Waals surface area contributed by atoms with Crippen LogP contribution in [-0.2, 0) is 9.59 Å². The summed E-state index contributed by atoms with van der Waals surface area (Å²) >= 11 is 0. The maximum absolute atomic E-state index is 10.9. The summed E-state index contributed by atoms with van der Waals surface area (Å²) in [6.45, 7) is 5.29. The fourth-order valence-electron chi connectivity index (χ4n) is 0.809. The molecule has 0 rings (SSSR count). The smallest absolute Gasteiger partial charge is 0.233 e. The van der Waals surface area contributed by atoms with E-state index in [1.54, 1.807) is 0 Å². The summed E-state index contributed by atoms with van der Waals surface area (Å²) in [4.78, 5) is 21.8. The Morgan fingerprint density at radius 1 is 0.923 bits per heavy atom. The Bertz CT molecular complexity index is 153. The summed E-state index contributed by atoms with van der Waals surface area (Å²) in [5, 5.41) is 7.97. The van der Waals surface area contributed by atoms with Gasteiger partial charge in [0.15, 0.2) is 0 Å². The van der Waals surface area contributed by atoms with Gasteiger partial charge in [-0.2, -0.15) is 0 Å². The van der Waals surface area contributed by atoms with E-state index in [-0.39, 0.29) is 24.9 Å². The molecular weight excluding hydrogens is 170 g/mol. The van der Waals surface area contributed by atoms with Crippen molar-refractivity contribution in [1.82, 2.24) is 16.0 Å². The van der Waals surface area contributed by atoms with Crippen molar-refractivity contribution >= 4 is 11.8 Å². The van der Waals surface area contributed by atoms with Gasteiger partial charge < -0.3 is 10.6 Å². The standard InChI is InChI=1S/C8H17N3O2/c1-3-10-7(12)5-9-6-8(13)11-4-2/h9H,3-6H2,1-2H3,(H,10,12)(H,11,13). The molecule has 3 N–H and O–H groups in total. The fraction of sp³-hybridized carbons (Fsp3) is 0.750. The average Bonchev–Trinajstić information content (AvgIpc) is 2.05. The molecule has 5 nitrogen and oxygen atoms in total. The van der Waals surface area contributed by atoms with Gasteiger partial charge in [-0.05, 0) is 13.8 Å². The number of nitrogens with one attached hydrogen (secondary N) is 3. The molecule has 5 heteroatoms. The van der Waals surface area contributed by atoms with Crippen molar-refractivity contribution in [2.24, 2.45) is 0 Å². The van der Waals surface area contributed by atoms with Crippen molar-refractivity contribution in [2.45, 2.75) is 13.8 Å². The molecule has 0 aromatic heterocycles. The Hall–Kier alpha value is -1.10. The van der Waals surface area contributed by atoms with Crippen molar-refractivity contribution in [3.63, 3.8) is 0 Å². The molecule has 0 aliphatic heterocycles. The van der Waals surface area contributed by atoms with Crippen LogP contribution in [0.15, 0.2) is 0 Å². The predicted octanol–water partition coefficient (Wildman–Crippen LogP) is -1.15. The molecule has 0 unspecified atom stereocenters. The van der Waals surface area contributed by atoms with E-state index in [2.05, 4.69) is 16.0 Å². The Morgan fingerprint density at radius 3 is 1.62 bits per heavy atom. The first-order chi connectivity index (χ1) is 6.20. The molecule has 0 bridgehead atoms. The van der Waals surface area contributed by atoms with E-state index in [9.17, 15) is 9.59 Å². The van der Waals surface area contributed by atoms with E-state index in [1.165, 1.54) is 0 Å². The van der Waals surface area contributed by atoms with Crippen LogP contribution in [0.5, 0.6) is 0 Å². The van der Waals surface area contributed by atoms with E-state index in [1.807, 2.05) is 13.8 Å². The molecule has 0 aliphatic rings. The summed E-state index contributed by atoms with van der Waals surface area (Å²) in [6, 6.07) is 0. The lowest BCUT2D eigenvalue weighted by Gasteiger charge is -2.04. The van der Waals surface area contributed by atoms with Crippen LogP contribution in [0.2, 0.25) is 0 Å². The Kier molecular flexibility index (Phi) is 6.91. The summed E-state index contributed by atoms with van der Waals surface area (Å²) in [5.74, 6) is -0.182. The van der Waals surface area contributed by atoms with Crippen LogP contribution in [0.25, 0.3) is 0 Å². The van der Waals surface area contributed by atoms with Gasteiger partial charge in [0.2, 0.25) is 11.8 Å². The molecule has 13 heavy (non-hydrogen) atoms. The maximum Gasteiger partial charge on any atom is 0.233 e. The van der Waals surface area contributed by atoms with Crippen molar-refractivity contribution in [2.75, 3.05) is 26.2 Å². The first-order valence-corrected chi connectivity index (χ1v) is 4.44. The molecule has 0 saturated heterocycles. The molecule has 2 amide bonds. The van der Waals surface area contributed by atoms with E-state index < -0.39 is 0 Å².